The second kappa shape index (κ2) is 16.5. The molecule has 0 fully saturated rings. The summed E-state index contributed by atoms with van der Waals surface area (Å²) in [5.74, 6) is 0. The van der Waals surface area contributed by atoms with Crippen molar-refractivity contribution in [2.45, 2.75) is 6.42 Å². The van der Waals surface area contributed by atoms with E-state index < -0.39 is 0 Å². The number of methoxy groups -OCH3 is 1. The van der Waals surface area contributed by atoms with Crippen LogP contribution in [0.2, 0.25) is 0 Å². The average Bonchev–Trinajstić information content (AvgIpc) is 2.02. The first-order valence-electron chi connectivity index (χ1n) is 3.04. The van der Waals surface area contributed by atoms with E-state index in [1.807, 2.05) is 0 Å². The zero-order valence-corrected chi connectivity index (χ0v) is 11.0. The van der Waals surface area contributed by atoms with Crippen LogP contribution >= 0.6 is 13.6 Å². The fourth-order valence-corrected chi connectivity index (χ4v) is 0.346. The molecule has 0 aliphatic rings. The average molecular weight is 262 g/mol. The van der Waals surface area contributed by atoms with Crippen LogP contribution in [0.5, 0.6) is 0 Å². The molecular formula is C6H13BrO2Zn. The summed E-state index contributed by atoms with van der Waals surface area (Å²) >= 11 is 4.25. The summed E-state index contributed by atoms with van der Waals surface area (Å²) < 4.78 is 9.78. The molecule has 0 heterocycles. The van der Waals surface area contributed by atoms with Crippen molar-refractivity contribution in [1.82, 2.24) is 0 Å². The van der Waals surface area contributed by atoms with E-state index >= 15 is 0 Å². The molecule has 0 unspecified atom stereocenters. The van der Waals surface area contributed by atoms with Gasteiger partial charge in [0.1, 0.15) is 0 Å². The summed E-state index contributed by atoms with van der Waals surface area (Å²) in [6.45, 7) is 5.72. The van der Waals surface area contributed by atoms with Crippen LogP contribution < -0.4 is 0 Å². The van der Waals surface area contributed by atoms with E-state index in [2.05, 4.69) is 20.5 Å². The molecule has 58 valence electrons. The van der Waals surface area contributed by atoms with Gasteiger partial charge in [-0.25, -0.2) is 0 Å². The molecule has 0 amide bonds. The van der Waals surface area contributed by atoms with Gasteiger partial charge in [0.15, 0.2) is 0 Å². The number of hydrogen-bond donors (Lipinski definition) is 0. The van der Waals surface area contributed by atoms with Gasteiger partial charge < -0.3 is 16.4 Å². The van der Waals surface area contributed by atoms with E-state index in [1.165, 1.54) is 16.3 Å². The summed E-state index contributed by atoms with van der Waals surface area (Å²) in [6.07, 6.45) is 0.837. The molecule has 0 radical (unpaired) electrons. The van der Waals surface area contributed by atoms with Gasteiger partial charge in [-0.2, -0.15) is 6.42 Å². The van der Waals surface area contributed by atoms with E-state index in [0.717, 1.165) is 13.0 Å². The van der Waals surface area contributed by atoms with Gasteiger partial charge in [0.25, 0.3) is 0 Å². The third kappa shape index (κ3) is 16.0. The van der Waals surface area contributed by atoms with Gasteiger partial charge in [0, 0.05) is 13.7 Å². The maximum atomic E-state index is 5.04. The van der Waals surface area contributed by atoms with Crippen LogP contribution in [0.4, 0.5) is 0 Å². The Kier molecular flexibility index (Phi) is 22.5. The summed E-state index contributed by atoms with van der Waals surface area (Å²) in [6, 6.07) is 0. The van der Waals surface area contributed by atoms with Gasteiger partial charge in [-0.05, 0) is 0 Å². The second-order valence-electron chi connectivity index (χ2n) is 1.46. The van der Waals surface area contributed by atoms with Crippen molar-refractivity contribution in [2.24, 2.45) is 0 Å². The fraction of sp³-hybridized carbons (Fsp3) is 0.833. The predicted octanol–water partition coefficient (Wildman–Crippen LogP) is 1.72. The van der Waals surface area contributed by atoms with Crippen molar-refractivity contribution >= 4 is 13.6 Å². The van der Waals surface area contributed by atoms with Crippen LogP contribution in [0.25, 0.3) is 0 Å². The van der Waals surface area contributed by atoms with Gasteiger partial charge in [-0.3, -0.25) is 0 Å². The van der Waals surface area contributed by atoms with E-state index in [0.29, 0.717) is 13.2 Å². The first kappa shape index (κ1) is 13.6. The van der Waals surface area contributed by atoms with Crippen LogP contribution in [-0.4, -0.2) is 26.9 Å². The van der Waals surface area contributed by atoms with Gasteiger partial charge in [-0.15, -0.1) is 0 Å². The van der Waals surface area contributed by atoms with Crippen molar-refractivity contribution < 1.29 is 25.8 Å². The number of halogens is 1. The van der Waals surface area contributed by atoms with E-state index in [4.69, 9.17) is 9.47 Å². The number of rotatable bonds is 5. The molecule has 0 aromatic heterocycles. The molecule has 2 nitrogen and oxygen atoms in total. The summed E-state index contributed by atoms with van der Waals surface area (Å²) in [5, 5.41) is 0. The molecular weight excluding hydrogens is 249 g/mol. The zero-order valence-electron chi connectivity index (χ0n) is 6.44. The molecule has 0 rings (SSSR count). The Morgan fingerprint density at radius 2 is 1.90 bits per heavy atom. The van der Waals surface area contributed by atoms with Crippen molar-refractivity contribution in [3.05, 3.63) is 6.92 Å². The Bertz CT molecular complexity index is 40.7. The van der Waals surface area contributed by atoms with Crippen LogP contribution in [0.1, 0.15) is 6.42 Å². The Morgan fingerprint density at radius 3 is 2.30 bits per heavy atom. The summed E-state index contributed by atoms with van der Waals surface area (Å²) in [4.78, 5) is 0. The molecule has 10 heavy (non-hydrogen) atoms. The first-order valence-corrected chi connectivity index (χ1v) is 9.99. The zero-order chi connectivity index (χ0) is 8.24. The van der Waals surface area contributed by atoms with Crippen LogP contribution in [-0.2, 0) is 25.8 Å². The molecule has 0 bridgehead atoms. The van der Waals surface area contributed by atoms with Crippen molar-refractivity contribution in [1.29, 1.82) is 0 Å². The maximum absolute atomic E-state index is 5.04. The monoisotopic (exact) mass is 260 g/mol. The van der Waals surface area contributed by atoms with E-state index in [-0.39, 0.29) is 0 Å². The predicted molar refractivity (Wildman–Crippen MR) is 41.6 cm³/mol. The number of hydrogen-bond acceptors (Lipinski definition) is 2. The Balaban J connectivity index is 0. The minimum absolute atomic E-state index is 0.681. The quantitative estimate of drug-likeness (QED) is 0.427. The molecule has 0 spiro atoms. The summed E-state index contributed by atoms with van der Waals surface area (Å²) in [5.41, 5.74) is 0. The molecule has 0 saturated heterocycles. The summed E-state index contributed by atoms with van der Waals surface area (Å²) in [7, 11) is 1.66. The second-order valence-corrected chi connectivity index (χ2v) is 1.46. The van der Waals surface area contributed by atoms with Crippen molar-refractivity contribution in [3.63, 3.8) is 0 Å². The molecule has 0 aliphatic heterocycles. The first-order chi connectivity index (χ1) is 4.91. The molecule has 0 atom stereocenters. The van der Waals surface area contributed by atoms with Crippen molar-refractivity contribution in [2.75, 3.05) is 26.9 Å². The van der Waals surface area contributed by atoms with Crippen LogP contribution in [0, 0.1) is 6.92 Å². The normalized spacial score (nSPS) is 8.50. The van der Waals surface area contributed by atoms with Crippen LogP contribution in [0.15, 0.2) is 0 Å². The molecule has 0 saturated carbocycles. The van der Waals surface area contributed by atoms with Gasteiger partial charge in [0.05, 0.1) is 13.2 Å². The number of ether oxygens (including phenoxy) is 2. The Labute approximate surface area is 79.7 Å². The Morgan fingerprint density at radius 1 is 1.30 bits per heavy atom. The fourth-order valence-electron chi connectivity index (χ4n) is 0.346. The third-order valence-electron chi connectivity index (χ3n) is 0.720. The van der Waals surface area contributed by atoms with Crippen LogP contribution in [0.3, 0.4) is 0 Å². The van der Waals surface area contributed by atoms with E-state index in [1.54, 1.807) is 7.11 Å². The standard InChI is InChI=1S/C6H13O2.BrH.Zn/c1-3-4-8-6-5-7-2;;/h1,3-6H2,2H3;1H;/q-1;;+2/p-1. The molecule has 0 aromatic carbocycles. The molecule has 0 aromatic rings. The Hall–Kier alpha value is 1.02. The van der Waals surface area contributed by atoms with Gasteiger partial charge >= 0.3 is 30.0 Å². The third-order valence-corrected chi connectivity index (χ3v) is 0.720. The molecule has 0 aliphatic carbocycles. The van der Waals surface area contributed by atoms with E-state index in [9.17, 15) is 0 Å². The van der Waals surface area contributed by atoms with Crippen molar-refractivity contribution in [3.8, 4) is 0 Å². The topological polar surface area (TPSA) is 18.5 Å². The minimum atomic E-state index is 0.681. The van der Waals surface area contributed by atoms with Gasteiger partial charge in [0.2, 0.25) is 0 Å². The SMILES string of the molecule is [CH2-]CCOCCOC.[Zn+][Br]. The molecule has 0 N–H and O–H groups in total. The van der Waals surface area contributed by atoms with Gasteiger partial charge in [-0.1, -0.05) is 0 Å². The molecule has 4 heteroatoms.